The monoisotopic (exact) mass is 613 g/mol. The maximum absolute atomic E-state index is 15.9. The van der Waals surface area contributed by atoms with Gasteiger partial charge in [-0.25, -0.2) is 9.40 Å². The van der Waals surface area contributed by atoms with Crippen LogP contribution in [0.15, 0.2) is 77.9 Å². The molecule has 5 rings (SSSR count). The summed E-state index contributed by atoms with van der Waals surface area (Å²) in [6, 6.07) is 21.8. The molecule has 0 spiro atoms. The molecule has 2 amide bonds. The fourth-order valence-corrected chi connectivity index (χ4v) is 6.36. The second-order valence-corrected chi connectivity index (χ2v) is 13.0. The van der Waals surface area contributed by atoms with E-state index >= 15 is 4.39 Å². The highest BCUT2D eigenvalue weighted by Crippen LogP contribution is 2.41. The van der Waals surface area contributed by atoms with Gasteiger partial charge in [0.1, 0.15) is 5.82 Å². The van der Waals surface area contributed by atoms with Crippen molar-refractivity contribution < 1.29 is 28.6 Å². The van der Waals surface area contributed by atoms with Gasteiger partial charge >= 0.3 is 5.97 Å². The van der Waals surface area contributed by atoms with E-state index in [0.717, 1.165) is 42.4 Å². The minimum absolute atomic E-state index is 0.0506. The van der Waals surface area contributed by atoms with Crippen molar-refractivity contribution in [3.63, 3.8) is 0 Å². The molecule has 2 aliphatic rings. The van der Waals surface area contributed by atoms with E-state index < -0.39 is 29.0 Å². The Labute approximate surface area is 263 Å². The fourth-order valence-electron chi connectivity index (χ4n) is 6.36. The normalized spacial score (nSPS) is 16.9. The van der Waals surface area contributed by atoms with Gasteiger partial charge in [0.25, 0.3) is 5.91 Å². The van der Waals surface area contributed by atoms with Gasteiger partial charge in [-0.3, -0.25) is 14.4 Å². The summed E-state index contributed by atoms with van der Waals surface area (Å²) in [4.78, 5) is 38.0. The third kappa shape index (κ3) is 7.59. The minimum atomic E-state index is -1.00. The third-order valence-corrected chi connectivity index (χ3v) is 8.76. The highest BCUT2D eigenvalue weighted by Gasteiger charge is 2.34. The predicted octanol–water partition coefficient (Wildman–Crippen LogP) is 7.06. The van der Waals surface area contributed by atoms with Crippen LogP contribution in [0.4, 0.5) is 10.1 Å². The van der Waals surface area contributed by atoms with E-state index in [1.165, 1.54) is 11.1 Å². The Kier molecular flexibility index (Phi) is 9.65. The van der Waals surface area contributed by atoms with Crippen molar-refractivity contribution in [3.05, 3.63) is 101 Å². The van der Waals surface area contributed by atoms with Crippen molar-refractivity contribution in [1.82, 2.24) is 5.01 Å². The van der Waals surface area contributed by atoms with Gasteiger partial charge in [0, 0.05) is 11.5 Å². The number of anilines is 1. The minimum Gasteiger partial charge on any atom is -0.481 e. The average Bonchev–Trinajstić information content (AvgIpc) is 3.53. The van der Waals surface area contributed by atoms with E-state index in [1.54, 1.807) is 12.1 Å². The molecule has 3 aromatic rings. The maximum atomic E-state index is 15.9. The lowest BCUT2D eigenvalue weighted by Gasteiger charge is -2.31. The summed E-state index contributed by atoms with van der Waals surface area (Å²) in [5, 5.41) is 18.2. The van der Waals surface area contributed by atoms with Crippen LogP contribution < -0.4 is 5.32 Å². The van der Waals surface area contributed by atoms with Crippen molar-refractivity contribution in [3.8, 4) is 0 Å². The Balaban J connectivity index is 1.36. The summed E-state index contributed by atoms with van der Waals surface area (Å²) in [5.74, 6) is -2.72. The lowest BCUT2D eigenvalue weighted by Crippen LogP contribution is -2.36. The number of hydrogen-bond donors (Lipinski definition) is 2. The van der Waals surface area contributed by atoms with Gasteiger partial charge in [-0.1, -0.05) is 88.2 Å². The van der Waals surface area contributed by atoms with Gasteiger partial charge in [-0.05, 0) is 59.1 Å². The van der Waals surface area contributed by atoms with Crippen molar-refractivity contribution in [1.29, 1.82) is 0 Å². The second kappa shape index (κ2) is 13.6. The summed E-state index contributed by atoms with van der Waals surface area (Å²) >= 11 is 0. The summed E-state index contributed by atoms with van der Waals surface area (Å²) in [6.07, 6.45) is 3.63. The lowest BCUT2D eigenvalue weighted by molar-refractivity contribution is -0.138. The van der Waals surface area contributed by atoms with Crippen LogP contribution in [0, 0.1) is 17.2 Å². The summed E-state index contributed by atoms with van der Waals surface area (Å²) in [7, 11) is 0. The van der Waals surface area contributed by atoms with Crippen LogP contribution in [-0.2, 0) is 25.7 Å². The van der Waals surface area contributed by atoms with Crippen molar-refractivity contribution in [2.45, 2.75) is 71.3 Å². The molecule has 45 heavy (non-hydrogen) atoms. The molecule has 1 unspecified atom stereocenters. The number of halogens is 1. The van der Waals surface area contributed by atoms with Gasteiger partial charge in [-0.2, -0.15) is 0 Å². The Bertz CT molecular complexity index is 1560. The molecule has 3 aromatic carbocycles. The molecular weight excluding hydrogens is 573 g/mol. The first-order valence-corrected chi connectivity index (χ1v) is 15.5. The van der Waals surface area contributed by atoms with Crippen molar-refractivity contribution in [2.75, 3.05) is 11.9 Å². The quantitative estimate of drug-likeness (QED) is 0.254. The molecule has 1 fully saturated rings. The number of ether oxygens (including phenoxy) is 1. The van der Waals surface area contributed by atoms with Crippen molar-refractivity contribution in [2.24, 2.45) is 16.4 Å². The van der Waals surface area contributed by atoms with E-state index in [4.69, 9.17) is 4.74 Å². The largest absolute Gasteiger partial charge is 0.481 e. The zero-order valence-corrected chi connectivity index (χ0v) is 26.0. The first-order valence-electron chi connectivity index (χ1n) is 15.5. The van der Waals surface area contributed by atoms with E-state index in [0.29, 0.717) is 5.90 Å². The van der Waals surface area contributed by atoms with Crippen LogP contribution >= 0.6 is 0 Å². The Hall–Kier alpha value is -4.53. The Morgan fingerprint density at radius 2 is 1.71 bits per heavy atom. The van der Waals surface area contributed by atoms with E-state index in [1.807, 2.05) is 75.4 Å². The molecule has 236 valence electrons. The standard InChI is InChI=1S/C36H40FN3O5/c1-36(2,3)28(20-31(42)43)27-14-9-15-29(33(27)37)38-34(44)32(24-10-7-8-11-24)25-18-16-23(17-19-25)21-40-30(41)22-45-35(39-40)26-12-5-4-6-13-26/h4-6,9,12-19,24,28,32H,7-8,10-11,20-22H2,1-3H3,(H,38,44)(H,42,43)/t28?,32-/m0/s1. The summed E-state index contributed by atoms with van der Waals surface area (Å²) in [5.41, 5.74) is 2.28. The van der Waals surface area contributed by atoms with Gasteiger partial charge < -0.3 is 15.2 Å². The smallest absolute Gasteiger partial charge is 0.303 e. The molecule has 0 radical (unpaired) electrons. The molecule has 1 aliphatic heterocycles. The highest BCUT2D eigenvalue weighted by atomic mass is 19.1. The number of carbonyl (C=O) groups excluding carboxylic acids is 2. The topological polar surface area (TPSA) is 108 Å². The molecule has 8 nitrogen and oxygen atoms in total. The molecule has 0 bridgehead atoms. The Morgan fingerprint density at radius 3 is 2.36 bits per heavy atom. The van der Waals surface area contributed by atoms with Crippen LogP contribution in [0.3, 0.4) is 0 Å². The zero-order valence-electron chi connectivity index (χ0n) is 26.0. The van der Waals surface area contributed by atoms with Crippen molar-refractivity contribution >= 4 is 29.4 Å². The van der Waals surface area contributed by atoms with Gasteiger partial charge in [0.05, 0.1) is 24.6 Å². The summed E-state index contributed by atoms with van der Waals surface area (Å²) in [6.45, 7) is 5.81. The second-order valence-electron chi connectivity index (χ2n) is 13.0. The molecular formula is C36H40FN3O5. The number of benzene rings is 3. The van der Waals surface area contributed by atoms with E-state index in [9.17, 15) is 19.5 Å². The maximum Gasteiger partial charge on any atom is 0.303 e. The fraction of sp³-hybridized carbons (Fsp3) is 0.389. The van der Waals surface area contributed by atoms with Gasteiger partial charge in [0.2, 0.25) is 11.8 Å². The summed E-state index contributed by atoms with van der Waals surface area (Å²) < 4.78 is 21.4. The molecule has 1 aliphatic carbocycles. The van der Waals surface area contributed by atoms with Crippen LogP contribution in [0.1, 0.15) is 87.0 Å². The zero-order chi connectivity index (χ0) is 32.1. The number of carboxylic acids is 1. The third-order valence-electron chi connectivity index (χ3n) is 8.76. The molecule has 2 atom stereocenters. The molecule has 1 heterocycles. The van der Waals surface area contributed by atoms with Crippen LogP contribution in [0.2, 0.25) is 0 Å². The highest BCUT2D eigenvalue weighted by molar-refractivity contribution is 5.98. The molecule has 0 aromatic heterocycles. The number of nitrogens with one attached hydrogen (secondary N) is 1. The van der Waals surface area contributed by atoms with Crippen LogP contribution in [0.5, 0.6) is 0 Å². The average molecular weight is 614 g/mol. The van der Waals surface area contributed by atoms with Crippen LogP contribution in [-0.4, -0.2) is 40.4 Å². The number of aliphatic carboxylic acids is 1. The number of rotatable bonds is 10. The van der Waals surface area contributed by atoms with Gasteiger partial charge in [0.15, 0.2) is 6.61 Å². The SMILES string of the molecule is CC(C)(C)C(CC(=O)O)c1cccc(NC(=O)[C@H](c2ccc(CN3N=C(c4ccccc4)OCC3=O)cc2)C2CCCC2)c1F. The molecule has 0 saturated heterocycles. The number of carboxylic acid groups (broad SMARTS) is 1. The van der Waals surface area contributed by atoms with E-state index in [2.05, 4.69) is 10.4 Å². The molecule has 1 saturated carbocycles. The number of carbonyl (C=O) groups is 3. The first-order chi connectivity index (χ1) is 21.5. The van der Waals surface area contributed by atoms with E-state index in [-0.39, 0.29) is 48.6 Å². The number of nitrogens with zero attached hydrogens (tertiary/aromatic N) is 2. The molecule has 9 heteroatoms. The first kappa shape index (κ1) is 31.9. The number of amides is 2. The number of hydrogen-bond acceptors (Lipinski definition) is 5. The number of hydrazone groups is 1. The van der Waals surface area contributed by atoms with Gasteiger partial charge in [-0.15, -0.1) is 5.10 Å². The Morgan fingerprint density at radius 1 is 1.02 bits per heavy atom. The lowest BCUT2D eigenvalue weighted by atomic mass is 9.74. The molecule has 2 N–H and O–H groups in total. The predicted molar refractivity (Wildman–Crippen MR) is 170 cm³/mol. The van der Waals surface area contributed by atoms with Crippen LogP contribution in [0.25, 0.3) is 0 Å².